The van der Waals surface area contributed by atoms with Gasteiger partial charge in [-0.1, -0.05) is 49.4 Å². The van der Waals surface area contributed by atoms with Gasteiger partial charge in [-0.05, 0) is 36.6 Å². The van der Waals surface area contributed by atoms with Gasteiger partial charge in [0.25, 0.3) is 0 Å². The molecule has 2 rings (SSSR count). The van der Waals surface area contributed by atoms with Gasteiger partial charge in [0.2, 0.25) is 6.41 Å². The zero-order valence-corrected chi connectivity index (χ0v) is 13.1. The molecule has 0 atom stereocenters. The van der Waals surface area contributed by atoms with E-state index in [0.29, 0.717) is 6.41 Å². The number of para-hydroxylation sites is 1. The van der Waals surface area contributed by atoms with Gasteiger partial charge in [-0.3, -0.25) is 4.79 Å². The van der Waals surface area contributed by atoms with Gasteiger partial charge in [0, 0.05) is 12.1 Å². The second-order valence-electron chi connectivity index (χ2n) is 5.15. The first-order valence-electron chi connectivity index (χ1n) is 7.57. The summed E-state index contributed by atoms with van der Waals surface area (Å²) < 4.78 is 0. The maximum Gasteiger partial charge on any atom is 0.211 e. The smallest absolute Gasteiger partial charge is 0.211 e. The van der Waals surface area contributed by atoms with E-state index in [1.54, 1.807) is 0 Å². The lowest BCUT2D eigenvalue weighted by molar-refractivity contribution is -0.105. The van der Waals surface area contributed by atoms with Gasteiger partial charge in [0.15, 0.2) is 0 Å². The third-order valence-corrected chi connectivity index (χ3v) is 3.46. The summed E-state index contributed by atoms with van der Waals surface area (Å²) in [4.78, 5) is 10.8. The fraction of sp³-hybridized carbons (Fsp3) is 0.211. The predicted octanol–water partition coefficient (Wildman–Crippen LogP) is 4.64. The summed E-state index contributed by atoms with van der Waals surface area (Å²) in [5.41, 5.74) is 5.22. The van der Waals surface area contributed by atoms with E-state index in [-0.39, 0.29) is 0 Å². The van der Waals surface area contributed by atoms with Crippen molar-refractivity contribution in [3.05, 3.63) is 59.7 Å². The average molecular weight is 294 g/mol. The van der Waals surface area contributed by atoms with Crippen molar-refractivity contribution in [2.24, 2.45) is 0 Å². The molecule has 0 aliphatic carbocycles. The molecule has 0 spiro atoms. The van der Waals surface area contributed by atoms with Crippen molar-refractivity contribution in [3.8, 4) is 0 Å². The summed E-state index contributed by atoms with van der Waals surface area (Å²) in [6.45, 7) is 5.08. The van der Waals surface area contributed by atoms with Gasteiger partial charge in [0.1, 0.15) is 0 Å². The minimum Gasteiger partial charge on any atom is -0.383 e. The van der Waals surface area contributed by atoms with Crippen LogP contribution < -0.4 is 10.6 Å². The number of hydrogen-bond donors (Lipinski definition) is 2. The molecular formula is C19H22N2O. The fourth-order valence-electron chi connectivity index (χ4n) is 2.34. The number of allylic oxidation sites excluding steroid dienone is 1. The maximum atomic E-state index is 10.8. The second-order valence-corrected chi connectivity index (χ2v) is 5.15. The van der Waals surface area contributed by atoms with Gasteiger partial charge in [-0.2, -0.15) is 0 Å². The van der Waals surface area contributed by atoms with Crippen LogP contribution in [-0.2, 0) is 4.79 Å². The molecular weight excluding hydrogens is 272 g/mol. The lowest BCUT2D eigenvalue weighted by Crippen LogP contribution is -2.06. The first kappa shape index (κ1) is 15.8. The lowest BCUT2D eigenvalue weighted by atomic mass is 10.0. The largest absolute Gasteiger partial charge is 0.383 e. The van der Waals surface area contributed by atoms with E-state index in [0.717, 1.165) is 29.9 Å². The Morgan fingerprint density at radius 2 is 1.86 bits per heavy atom. The third kappa shape index (κ3) is 3.98. The van der Waals surface area contributed by atoms with Crippen molar-refractivity contribution in [2.75, 3.05) is 17.2 Å². The zero-order chi connectivity index (χ0) is 15.8. The number of hydrogen-bond acceptors (Lipinski definition) is 2. The van der Waals surface area contributed by atoms with E-state index < -0.39 is 0 Å². The Morgan fingerprint density at radius 1 is 1.09 bits per heavy atom. The van der Waals surface area contributed by atoms with Gasteiger partial charge >= 0.3 is 0 Å². The van der Waals surface area contributed by atoms with Crippen LogP contribution >= 0.6 is 0 Å². The molecule has 0 aromatic heterocycles. The Labute approximate surface area is 132 Å². The monoisotopic (exact) mass is 294 g/mol. The van der Waals surface area contributed by atoms with Gasteiger partial charge < -0.3 is 10.6 Å². The number of benzene rings is 2. The van der Waals surface area contributed by atoms with Crippen LogP contribution in [0.3, 0.4) is 0 Å². The first-order chi connectivity index (χ1) is 10.8. The molecule has 3 nitrogen and oxygen atoms in total. The Bertz CT molecular complexity index is 648. The molecule has 114 valence electrons. The van der Waals surface area contributed by atoms with Crippen molar-refractivity contribution in [1.82, 2.24) is 0 Å². The number of nitrogens with one attached hydrogen (secondary N) is 2. The van der Waals surface area contributed by atoms with Gasteiger partial charge in [-0.15, -0.1) is 0 Å². The van der Waals surface area contributed by atoms with Crippen LogP contribution in [0.1, 0.15) is 31.4 Å². The van der Waals surface area contributed by atoms with Crippen molar-refractivity contribution in [1.29, 1.82) is 0 Å². The molecule has 3 heteroatoms. The fourth-order valence-corrected chi connectivity index (χ4v) is 2.34. The van der Waals surface area contributed by atoms with Gasteiger partial charge in [-0.25, -0.2) is 0 Å². The van der Waals surface area contributed by atoms with E-state index in [2.05, 4.69) is 48.8 Å². The minimum absolute atomic E-state index is 0.712. The number of anilines is 2. The summed E-state index contributed by atoms with van der Waals surface area (Å²) >= 11 is 0. The molecule has 0 saturated heterocycles. The molecule has 22 heavy (non-hydrogen) atoms. The molecule has 0 fully saturated rings. The highest BCUT2D eigenvalue weighted by atomic mass is 16.1. The highest BCUT2D eigenvalue weighted by molar-refractivity contribution is 5.91. The SMILES string of the molecule is CCCNc1c(/C=C(/C)c2ccccc2)cccc1NC=O. The van der Waals surface area contributed by atoms with Crippen molar-refractivity contribution >= 4 is 29.4 Å². The molecule has 0 saturated carbocycles. The number of carbonyl (C=O) groups is 1. The van der Waals surface area contributed by atoms with Crippen LogP contribution in [0.15, 0.2) is 48.5 Å². The molecule has 0 heterocycles. The number of carbonyl (C=O) groups excluding carboxylic acids is 1. The Morgan fingerprint density at radius 3 is 2.55 bits per heavy atom. The highest BCUT2D eigenvalue weighted by Gasteiger charge is 2.06. The zero-order valence-electron chi connectivity index (χ0n) is 13.1. The minimum atomic E-state index is 0.712. The summed E-state index contributed by atoms with van der Waals surface area (Å²) in [5.74, 6) is 0. The van der Waals surface area contributed by atoms with E-state index in [1.165, 1.54) is 11.1 Å². The summed E-state index contributed by atoms with van der Waals surface area (Å²) in [7, 11) is 0. The number of rotatable bonds is 7. The van der Waals surface area contributed by atoms with E-state index in [4.69, 9.17) is 0 Å². The van der Waals surface area contributed by atoms with Crippen molar-refractivity contribution in [2.45, 2.75) is 20.3 Å². The molecule has 2 aromatic rings. The van der Waals surface area contributed by atoms with Crippen molar-refractivity contribution < 1.29 is 4.79 Å². The molecule has 0 bridgehead atoms. The van der Waals surface area contributed by atoms with Crippen LogP contribution in [-0.4, -0.2) is 13.0 Å². The lowest BCUT2D eigenvalue weighted by Gasteiger charge is -2.14. The third-order valence-electron chi connectivity index (χ3n) is 3.46. The summed E-state index contributed by atoms with van der Waals surface area (Å²) in [6, 6.07) is 16.2. The number of amides is 1. The molecule has 2 N–H and O–H groups in total. The summed E-state index contributed by atoms with van der Waals surface area (Å²) in [6.07, 6.45) is 3.88. The molecule has 0 aliphatic rings. The standard InChI is InChI=1S/C19H22N2O/c1-3-12-20-19-17(10-7-11-18(19)21-14-22)13-15(2)16-8-5-4-6-9-16/h4-11,13-14,20H,3,12H2,1-2H3,(H,21,22)/b15-13-. The summed E-state index contributed by atoms with van der Waals surface area (Å²) in [5, 5.41) is 6.17. The van der Waals surface area contributed by atoms with Gasteiger partial charge in [0.05, 0.1) is 11.4 Å². The highest BCUT2D eigenvalue weighted by Crippen LogP contribution is 2.29. The Hall–Kier alpha value is -2.55. The molecule has 0 aliphatic heterocycles. The Kier molecular flexibility index (Phi) is 5.78. The molecule has 0 unspecified atom stereocenters. The molecule has 1 amide bonds. The normalized spacial score (nSPS) is 11.1. The second kappa shape index (κ2) is 8.03. The first-order valence-corrected chi connectivity index (χ1v) is 7.57. The maximum absolute atomic E-state index is 10.8. The van der Waals surface area contributed by atoms with Crippen LogP contribution in [0.5, 0.6) is 0 Å². The average Bonchev–Trinajstić information content (AvgIpc) is 2.55. The van der Waals surface area contributed by atoms with E-state index in [9.17, 15) is 4.79 Å². The molecule has 2 aromatic carbocycles. The van der Waals surface area contributed by atoms with E-state index in [1.807, 2.05) is 30.3 Å². The van der Waals surface area contributed by atoms with Crippen LogP contribution in [0.2, 0.25) is 0 Å². The predicted molar refractivity (Wildman–Crippen MR) is 94.9 cm³/mol. The van der Waals surface area contributed by atoms with Crippen LogP contribution in [0.4, 0.5) is 11.4 Å². The van der Waals surface area contributed by atoms with E-state index >= 15 is 0 Å². The van der Waals surface area contributed by atoms with Crippen molar-refractivity contribution in [3.63, 3.8) is 0 Å². The topological polar surface area (TPSA) is 41.1 Å². The quantitative estimate of drug-likeness (QED) is 0.577. The van der Waals surface area contributed by atoms with Crippen LogP contribution in [0.25, 0.3) is 11.6 Å². The van der Waals surface area contributed by atoms with Crippen LogP contribution in [0, 0.1) is 0 Å². The molecule has 0 radical (unpaired) electrons. The Balaban J connectivity index is 2.40.